The molecule has 0 heterocycles. The highest BCUT2D eigenvalue weighted by molar-refractivity contribution is 6.17. The lowest BCUT2D eigenvalue weighted by molar-refractivity contribution is 0.0696. The van der Waals surface area contributed by atoms with E-state index in [1.807, 2.05) is 36.4 Å². The summed E-state index contributed by atoms with van der Waals surface area (Å²) >= 11 is 0. The number of rotatable bonds is 3. The van der Waals surface area contributed by atoms with Crippen LogP contribution in [-0.2, 0) is 0 Å². The smallest absolute Gasteiger partial charge is 0.336 e. The molecule has 0 amide bonds. The van der Waals surface area contributed by atoms with E-state index in [4.69, 9.17) is 0 Å². The van der Waals surface area contributed by atoms with E-state index < -0.39 is 5.97 Å². The summed E-state index contributed by atoms with van der Waals surface area (Å²) in [4.78, 5) is 15.4. The summed E-state index contributed by atoms with van der Waals surface area (Å²) in [6.07, 6.45) is 0. The van der Waals surface area contributed by atoms with Crippen molar-refractivity contribution >= 4 is 11.7 Å². The topological polar surface area (TPSA) is 49.7 Å². The molecule has 0 atom stereocenters. The molecule has 0 fully saturated rings. The van der Waals surface area contributed by atoms with Crippen molar-refractivity contribution in [1.29, 1.82) is 0 Å². The highest BCUT2D eigenvalue weighted by Gasteiger charge is 2.14. The van der Waals surface area contributed by atoms with Gasteiger partial charge in [-0.25, -0.2) is 4.79 Å². The number of carbonyl (C=O) groups is 1. The molecule has 0 unspecified atom stereocenters. The average molecular weight is 239 g/mol. The van der Waals surface area contributed by atoms with Crippen molar-refractivity contribution in [3.05, 3.63) is 71.3 Å². The summed E-state index contributed by atoms with van der Waals surface area (Å²) in [5.74, 6) is -0.942. The fourth-order valence-electron chi connectivity index (χ4n) is 1.88. The minimum Gasteiger partial charge on any atom is -0.478 e. The zero-order valence-electron chi connectivity index (χ0n) is 10.00. The van der Waals surface area contributed by atoms with Gasteiger partial charge in [0.05, 0.1) is 11.3 Å². The lowest BCUT2D eigenvalue weighted by Gasteiger charge is -2.09. The molecule has 0 saturated heterocycles. The van der Waals surface area contributed by atoms with Crippen LogP contribution in [0.3, 0.4) is 0 Å². The predicted molar refractivity (Wildman–Crippen MR) is 71.4 cm³/mol. The predicted octanol–water partition coefficient (Wildman–Crippen LogP) is 2.85. The van der Waals surface area contributed by atoms with Crippen molar-refractivity contribution in [3.63, 3.8) is 0 Å². The van der Waals surface area contributed by atoms with E-state index in [1.54, 1.807) is 25.2 Å². The van der Waals surface area contributed by atoms with E-state index in [9.17, 15) is 9.90 Å². The largest absolute Gasteiger partial charge is 0.478 e. The van der Waals surface area contributed by atoms with Crippen LogP contribution in [0, 0.1) is 0 Å². The molecule has 0 radical (unpaired) electrons. The first kappa shape index (κ1) is 12.0. The van der Waals surface area contributed by atoms with Crippen molar-refractivity contribution < 1.29 is 9.90 Å². The molecule has 0 aromatic heterocycles. The summed E-state index contributed by atoms with van der Waals surface area (Å²) in [6.45, 7) is 0. The van der Waals surface area contributed by atoms with Crippen LogP contribution in [0.25, 0.3) is 0 Å². The highest BCUT2D eigenvalue weighted by Crippen LogP contribution is 2.15. The molecule has 0 spiro atoms. The summed E-state index contributed by atoms with van der Waals surface area (Å²) in [7, 11) is 1.67. The maximum absolute atomic E-state index is 11.2. The molecule has 90 valence electrons. The molecule has 0 bridgehead atoms. The Labute approximate surface area is 105 Å². The first-order valence-corrected chi connectivity index (χ1v) is 5.59. The first-order chi connectivity index (χ1) is 8.74. The Bertz CT molecular complexity index is 588. The van der Waals surface area contributed by atoms with Gasteiger partial charge in [-0.2, -0.15) is 0 Å². The lowest BCUT2D eigenvalue weighted by atomic mass is 9.97. The van der Waals surface area contributed by atoms with Gasteiger partial charge in [0.2, 0.25) is 0 Å². The van der Waals surface area contributed by atoms with Gasteiger partial charge in [-0.05, 0) is 6.07 Å². The second-order valence-electron chi connectivity index (χ2n) is 3.79. The normalized spacial score (nSPS) is 11.3. The van der Waals surface area contributed by atoms with Gasteiger partial charge >= 0.3 is 5.97 Å². The zero-order valence-corrected chi connectivity index (χ0v) is 10.00. The SMILES string of the molecule is C/N=C(\c1ccccc1)c1ccccc1C(=O)O. The van der Waals surface area contributed by atoms with Crippen molar-refractivity contribution in [2.75, 3.05) is 7.05 Å². The molecule has 0 aliphatic rings. The molecule has 0 saturated carbocycles. The molecule has 0 aliphatic carbocycles. The monoisotopic (exact) mass is 239 g/mol. The van der Waals surface area contributed by atoms with Crippen LogP contribution in [0.2, 0.25) is 0 Å². The summed E-state index contributed by atoms with van der Waals surface area (Å²) in [5, 5.41) is 9.20. The Morgan fingerprint density at radius 2 is 1.50 bits per heavy atom. The molecule has 1 N–H and O–H groups in total. The van der Waals surface area contributed by atoms with Gasteiger partial charge in [0.15, 0.2) is 0 Å². The van der Waals surface area contributed by atoms with Crippen LogP contribution in [0.15, 0.2) is 59.6 Å². The van der Waals surface area contributed by atoms with Crippen LogP contribution >= 0.6 is 0 Å². The van der Waals surface area contributed by atoms with Crippen molar-refractivity contribution in [1.82, 2.24) is 0 Å². The number of carboxylic acid groups (broad SMARTS) is 1. The van der Waals surface area contributed by atoms with E-state index >= 15 is 0 Å². The maximum atomic E-state index is 11.2. The highest BCUT2D eigenvalue weighted by atomic mass is 16.4. The molecule has 3 nitrogen and oxygen atoms in total. The molecule has 2 aromatic rings. The molecule has 18 heavy (non-hydrogen) atoms. The van der Waals surface area contributed by atoms with Crippen molar-refractivity contribution in [2.24, 2.45) is 4.99 Å². The Morgan fingerprint density at radius 1 is 0.944 bits per heavy atom. The standard InChI is InChI=1S/C15H13NO2/c1-16-14(11-7-3-2-4-8-11)12-9-5-6-10-13(12)15(17)18/h2-10H,1H3,(H,17,18)/b16-14+. The van der Waals surface area contributed by atoms with Crippen LogP contribution in [-0.4, -0.2) is 23.8 Å². The number of carboxylic acids is 1. The molecule has 0 aliphatic heterocycles. The quantitative estimate of drug-likeness (QED) is 0.837. The summed E-state index contributed by atoms with van der Waals surface area (Å²) in [6, 6.07) is 16.5. The average Bonchev–Trinajstić information content (AvgIpc) is 2.41. The summed E-state index contributed by atoms with van der Waals surface area (Å²) < 4.78 is 0. The molecule has 3 heteroatoms. The zero-order chi connectivity index (χ0) is 13.0. The Kier molecular flexibility index (Phi) is 3.53. The third kappa shape index (κ3) is 2.30. The molecule has 2 aromatic carbocycles. The van der Waals surface area contributed by atoms with Crippen LogP contribution in [0.4, 0.5) is 0 Å². The van der Waals surface area contributed by atoms with Crippen LogP contribution < -0.4 is 0 Å². The van der Waals surface area contributed by atoms with E-state index in [2.05, 4.69) is 4.99 Å². The van der Waals surface area contributed by atoms with E-state index in [0.717, 1.165) is 5.56 Å². The van der Waals surface area contributed by atoms with Gasteiger partial charge in [0.25, 0.3) is 0 Å². The number of benzene rings is 2. The number of aliphatic imine (C=N–C) groups is 1. The van der Waals surface area contributed by atoms with E-state index in [-0.39, 0.29) is 5.56 Å². The lowest BCUT2D eigenvalue weighted by Crippen LogP contribution is -2.10. The minimum absolute atomic E-state index is 0.266. The van der Waals surface area contributed by atoms with Gasteiger partial charge in [-0.3, -0.25) is 4.99 Å². The molecule has 2 rings (SSSR count). The third-order valence-corrected chi connectivity index (χ3v) is 2.68. The first-order valence-electron chi connectivity index (χ1n) is 5.59. The fourth-order valence-corrected chi connectivity index (χ4v) is 1.88. The van der Waals surface area contributed by atoms with Crippen molar-refractivity contribution in [2.45, 2.75) is 0 Å². The maximum Gasteiger partial charge on any atom is 0.336 e. The Hall–Kier alpha value is -2.42. The third-order valence-electron chi connectivity index (χ3n) is 2.68. The van der Waals surface area contributed by atoms with Gasteiger partial charge < -0.3 is 5.11 Å². The number of nitrogens with zero attached hydrogens (tertiary/aromatic N) is 1. The van der Waals surface area contributed by atoms with Gasteiger partial charge in [-0.1, -0.05) is 48.5 Å². The van der Waals surface area contributed by atoms with Gasteiger partial charge in [-0.15, -0.1) is 0 Å². The van der Waals surface area contributed by atoms with Crippen LogP contribution in [0.1, 0.15) is 21.5 Å². The van der Waals surface area contributed by atoms with Crippen molar-refractivity contribution in [3.8, 4) is 0 Å². The number of hydrogen-bond acceptors (Lipinski definition) is 2. The second kappa shape index (κ2) is 5.27. The molecular weight excluding hydrogens is 226 g/mol. The Balaban J connectivity index is 2.57. The fraction of sp³-hybridized carbons (Fsp3) is 0.0667. The van der Waals surface area contributed by atoms with Gasteiger partial charge in [0.1, 0.15) is 0 Å². The van der Waals surface area contributed by atoms with E-state index in [1.165, 1.54) is 0 Å². The number of hydrogen-bond donors (Lipinski definition) is 1. The number of aromatic carboxylic acids is 1. The van der Waals surface area contributed by atoms with Gasteiger partial charge in [0, 0.05) is 18.2 Å². The summed E-state index contributed by atoms with van der Waals surface area (Å²) in [5.41, 5.74) is 2.50. The van der Waals surface area contributed by atoms with Crippen LogP contribution in [0.5, 0.6) is 0 Å². The molecular formula is C15H13NO2. The minimum atomic E-state index is -0.942. The van der Waals surface area contributed by atoms with E-state index in [0.29, 0.717) is 11.3 Å². The Morgan fingerprint density at radius 3 is 2.06 bits per heavy atom. The second-order valence-corrected chi connectivity index (χ2v) is 3.79.